The van der Waals surface area contributed by atoms with Crippen LogP contribution in [-0.4, -0.2) is 55.4 Å². The number of rotatable bonds is 8. The summed E-state index contributed by atoms with van der Waals surface area (Å²) in [5.74, 6) is 0.286. The fraction of sp³-hybridized carbons (Fsp3) is 0.917. The average molecular weight is 214 g/mol. The van der Waals surface area contributed by atoms with E-state index in [1.54, 1.807) is 6.92 Å². The Kier molecular flexibility index (Phi) is 7.61. The fourth-order valence-corrected chi connectivity index (χ4v) is 1.71. The van der Waals surface area contributed by atoms with Crippen LogP contribution in [0.1, 0.15) is 33.6 Å². The number of hydrogen-bond donors (Lipinski definition) is 0. The van der Waals surface area contributed by atoms with Crippen molar-refractivity contribution < 1.29 is 4.79 Å². The molecule has 0 fully saturated rings. The third kappa shape index (κ3) is 7.51. The number of hydrogen-bond acceptors (Lipinski definition) is 3. The number of likely N-dealkylation sites (N-methyl/N-ethyl adjacent to an activating group) is 1. The highest BCUT2D eigenvalue weighted by atomic mass is 16.1. The standard InChI is InChI=1S/C12H26N2O/c1-6-7-14(9-8-13(4)5)11(2)10-12(3)15/h11H,6-10H2,1-5H3. The maximum absolute atomic E-state index is 11.1. The summed E-state index contributed by atoms with van der Waals surface area (Å²) < 4.78 is 0. The van der Waals surface area contributed by atoms with Gasteiger partial charge in [-0.1, -0.05) is 6.92 Å². The van der Waals surface area contributed by atoms with Crippen LogP contribution < -0.4 is 0 Å². The second kappa shape index (κ2) is 7.83. The molecule has 0 saturated carbocycles. The topological polar surface area (TPSA) is 23.6 Å². The summed E-state index contributed by atoms with van der Waals surface area (Å²) in [4.78, 5) is 15.7. The molecule has 0 aromatic heterocycles. The van der Waals surface area contributed by atoms with E-state index < -0.39 is 0 Å². The van der Waals surface area contributed by atoms with Crippen LogP contribution in [0.15, 0.2) is 0 Å². The Morgan fingerprint density at radius 3 is 2.20 bits per heavy atom. The summed E-state index contributed by atoms with van der Waals surface area (Å²) >= 11 is 0. The normalized spacial score (nSPS) is 13.5. The molecule has 90 valence electrons. The molecule has 0 aliphatic heterocycles. The molecule has 0 saturated heterocycles. The Bertz CT molecular complexity index is 180. The van der Waals surface area contributed by atoms with Gasteiger partial charge in [0.1, 0.15) is 5.78 Å². The summed E-state index contributed by atoms with van der Waals surface area (Å²) in [6, 6.07) is 0.377. The van der Waals surface area contributed by atoms with E-state index in [0.29, 0.717) is 12.5 Å². The highest BCUT2D eigenvalue weighted by molar-refractivity contribution is 5.76. The zero-order chi connectivity index (χ0) is 11.8. The van der Waals surface area contributed by atoms with E-state index in [9.17, 15) is 4.79 Å². The van der Waals surface area contributed by atoms with Crippen molar-refractivity contribution in [1.82, 2.24) is 9.80 Å². The average Bonchev–Trinajstić information content (AvgIpc) is 2.10. The molecule has 3 nitrogen and oxygen atoms in total. The van der Waals surface area contributed by atoms with E-state index in [1.165, 1.54) is 0 Å². The first-order valence-electron chi connectivity index (χ1n) is 5.85. The molecule has 0 aromatic rings. The highest BCUT2D eigenvalue weighted by Crippen LogP contribution is 2.05. The van der Waals surface area contributed by atoms with E-state index in [-0.39, 0.29) is 5.78 Å². The summed E-state index contributed by atoms with van der Waals surface area (Å²) in [5, 5.41) is 0. The lowest BCUT2D eigenvalue weighted by Gasteiger charge is -2.29. The lowest BCUT2D eigenvalue weighted by Crippen LogP contribution is -2.39. The number of carbonyl (C=O) groups is 1. The maximum Gasteiger partial charge on any atom is 0.131 e. The van der Waals surface area contributed by atoms with Gasteiger partial charge >= 0.3 is 0 Å². The van der Waals surface area contributed by atoms with Gasteiger partial charge in [-0.15, -0.1) is 0 Å². The number of Topliss-reactive ketones (excluding diaryl/α,β-unsaturated/α-hetero) is 1. The van der Waals surface area contributed by atoms with Gasteiger partial charge < -0.3 is 4.90 Å². The zero-order valence-electron chi connectivity index (χ0n) is 10.9. The van der Waals surface area contributed by atoms with Crippen LogP contribution in [0.3, 0.4) is 0 Å². The first-order valence-corrected chi connectivity index (χ1v) is 5.85. The molecule has 15 heavy (non-hydrogen) atoms. The minimum atomic E-state index is 0.286. The van der Waals surface area contributed by atoms with Crippen LogP contribution in [0.25, 0.3) is 0 Å². The Labute approximate surface area is 94.4 Å². The molecule has 0 bridgehead atoms. The first kappa shape index (κ1) is 14.6. The van der Waals surface area contributed by atoms with Crippen molar-refractivity contribution in [3.8, 4) is 0 Å². The Balaban J connectivity index is 4.05. The van der Waals surface area contributed by atoms with Crippen LogP contribution in [0.2, 0.25) is 0 Å². The molecule has 0 radical (unpaired) electrons. The molecule has 0 amide bonds. The second-order valence-corrected chi connectivity index (χ2v) is 4.59. The maximum atomic E-state index is 11.1. The fourth-order valence-electron chi connectivity index (χ4n) is 1.71. The molecule has 0 aliphatic carbocycles. The van der Waals surface area contributed by atoms with Gasteiger partial charge in [-0.05, 0) is 40.9 Å². The van der Waals surface area contributed by atoms with Crippen LogP contribution in [0.5, 0.6) is 0 Å². The van der Waals surface area contributed by atoms with Crippen LogP contribution >= 0.6 is 0 Å². The van der Waals surface area contributed by atoms with Gasteiger partial charge in [-0.3, -0.25) is 9.69 Å². The van der Waals surface area contributed by atoms with Crippen molar-refractivity contribution in [2.75, 3.05) is 33.7 Å². The van der Waals surface area contributed by atoms with E-state index in [1.807, 2.05) is 0 Å². The van der Waals surface area contributed by atoms with Gasteiger partial charge in [0.15, 0.2) is 0 Å². The molecule has 0 N–H and O–H groups in total. The van der Waals surface area contributed by atoms with Crippen LogP contribution in [0, 0.1) is 0 Å². The summed E-state index contributed by atoms with van der Waals surface area (Å²) in [6.45, 7) is 9.20. The predicted octanol–water partition coefficient (Wildman–Crippen LogP) is 1.63. The van der Waals surface area contributed by atoms with Gasteiger partial charge in [0.2, 0.25) is 0 Å². The third-order valence-electron chi connectivity index (χ3n) is 2.55. The van der Waals surface area contributed by atoms with E-state index >= 15 is 0 Å². The molecule has 0 aliphatic rings. The van der Waals surface area contributed by atoms with Gasteiger partial charge in [0, 0.05) is 25.6 Å². The minimum Gasteiger partial charge on any atom is -0.308 e. The predicted molar refractivity (Wildman–Crippen MR) is 65.2 cm³/mol. The van der Waals surface area contributed by atoms with Crippen LogP contribution in [-0.2, 0) is 4.79 Å². The van der Waals surface area contributed by atoms with E-state index in [2.05, 4.69) is 37.7 Å². The molecule has 3 heteroatoms. The molecule has 1 unspecified atom stereocenters. The summed E-state index contributed by atoms with van der Waals surface area (Å²) in [5.41, 5.74) is 0. The minimum absolute atomic E-state index is 0.286. The Morgan fingerprint density at radius 2 is 1.80 bits per heavy atom. The van der Waals surface area contributed by atoms with E-state index in [0.717, 1.165) is 26.1 Å². The molecular formula is C12H26N2O. The van der Waals surface area contributed by atoms with Crippen molar-refractivity contribution in [3.63, 3.8) is 0 Å². The lowest BCUT2D eigenvalue weighted by atomic mass is 10.1. The lowest BCUT2D eigenvalue weighted by molar-refractivity contribution is -0.118. The Hall–Kier alpha value is -0.410. The Morgan fingerprint density at radius 1 is 1.20 bits per heavy atom. The van der Waals surface area contributed by atoms with Crippen molar-refractivity contribution in [3.05, 3.63) is 0 Å². The molecular weight excluding hydrogens is 188 g/mol. The largest absolute Gasteiger partial charge is 0.308 e. The molecule has 0 aromatic carbocycles. The second-order valence-electron chi connectivity index (χ2n) is 4.59. The van der Waals surface area contributed by atoms with Gasteiger partial charge in [-0.25, -0.2) is 0 Å². The molecule has 1 atom stereocenters. The van der Waals surface area contributed by atoms with Crippen LogP contribution in [0.4, 0.5) is 0 Å². The van der Waals surface area contributed by atoms with Crippen molar-refractivity contribution in [2.24, 2.45) is 0 Å². The summed E-state index contributed by atoms with van der Waals surface area (Å²) in [6.07, 6.45) is 1.82. The third-order valence-corrected chi connectivity index (χ3v) is 2.55. The SMILES string of the molecule is CCCN(CCN(C)C)C(C)CC(C)=O. The zero-order valence-corrected chi connectivity index (χ0v) is 10.9. The van der Waals surface area contributed by atoms with Crippen molar-refractivity contribution in [1.29, 1.82) is 0 Å². The monoisotopic (exact) mass is 214 g/mol. The smallest absolute Gasteiger partial charge is 0.131 e. The highest BCUT2D eigenvalue weighted by Gasteiger charge is 2.14. The summed E-state index contributed by atoms with van der Waals surface area (Å²) in [7, 11) is 4.17. The van der Waals surface area contributed by atoms with Crippen molar-refractivity contribution >= 4 is 5.78 Å². The first-order chi connectivity index (χ1) is 6.97. The molecule has 0 rings (SSSR count). The number of ketones is 1. The van der Waals surface area contributed by atoms with Gasteiger partial charge in [0.05, 0.1) is 0 Å². The quantitative estimate of drug-likeness (QED) is 0.613. The number of carbonyl (C=O) groups excluding carboxylic acids is 1. The van der Waals surface area contributed by atoms with Crippen molar-refractivity contribution in [2.45, 2.75) is 39.7 Å². The van der Waals surface area contributed by atoms with Gasteiger partial charge in [0.25, 0.3) is 0 Å². The van der Waals surface area contributed by atoms with E-state index in [4.69, 9.17) is 0 Å². The molecule has 0 spiro atoms. The molecule has 0 heterocycles. The van der Waals surface area contributed by atoms with Gasteiger partial charge in [-0.2, -0.15) is 0 Å². The number of nitrogens with zero attached hydrogens (tertiary/aromatic N) is 2.